The van der Waals surface area contributed by atoms with Crippen molar-refractivity contribution in [2.75, 3.05) is 64.1 Å². The summed E-state index contributed by atoms with van der Waals surface area (Å²) in [4.78, 5) is 44.5. The molecule has 8 heteroatoms. The maximum Gasteiger partial charge on any atom is 0.337 e. The molecule has 2 aliphatic rings. The minimum atomic E-state index is -0.413. The summed E-state index contributed by atoms with van der Waals surface area (Å²) in [5.41, 5.74) is 4.89. The number of ketones is 1. The first-order valence-electron chi connectivity index (χ1n) is 13.7. The number of rotatable bonds is 8. The van der Waals surface area contributed by atoms with E-state index in [-0.39, 0.29) is 24.2 Å². The van der Waals surface area contributed by atoms with Crippen LogP contribution >= 0.6 is 0 Å². The molecule has 0 bridgehead atoms. The van der Waals surface area contributed by atoms with Gasteiger partial charge in [-0.3, -0.25) is 14.5 Å². The number of anilines is 2. The number of benzene rings is 3. The van der Waals surface area contributed by atoms with Crippen LogP contribution in [-0.4, -0.2) is 81.4 Å². The lowest BCUT2D eigenvalue weighted by Gasteiger charge is -2.32. The van der Waals surface area contributed by atoms with Gasteiger partial charge in [0, 0.05) is 51.0 Å². The molecule has 1 aliphatic heterocycles. The minimum absolute atomic E-state index is 0.0620. The molecular weight excluding hydrogens is 504 g/mol. The monoisotopic (exact) mass is 540 g/mol. The summed E-state index contributed by atoms with van der Waals surface area (Å²) in [5.74, 6) is -0.656. The average Bonchev–Trinajstić information content (AvgIpc) is 3.31. The topological polar surface area (TPSA) is 82.2 Å². The molecule has 0 radical (unpaired) electrons. The molecule has 1 amide bonds. The number of piperazine rings is 1. The second-order valence-corrected chi connectivity index (χ2v) is 10.6. The number of amides is 1. The Kier molecular flexibility index (Phi) is 8.28. The van der Waals surface area contributed by atoms with Crippen LogP contribution in [0.4, 0.5) is 11.4 Å². The number of carbonyl (C=O) groups excluding carboxylic acids is 3. The van der Waals surface area contributed by atoms with Crippen molar-refractivity contribution in [2.24, 2.45) is 0 Å². The number of hydrogen-bond donors (Lipinski definition) is 1. The van der Waals surface area contributed by atoms with E-state index in [4.69, 9.17) is 4.74 Å². The fraction of sp³-hybridized carbons (Fsp3) is 0.344. The summed E-state index contributed by atoms with van der Waals surface area (Å²) in [7, 11) is 5.27. The second-order valence-electron chi connectivity index (χ2n) is 10.6. The molecule has 208 valence electrons. The minimum Gasteiger partial charge on any atom is -0.465 e. The number of carbonyl (C=O) groups is 3. The Labute approximate surface area is 235 Å². The van der Waals surface area contributed by atoms with Crippen molar-refractivity contribution in [3.8, 4) is 0 Å². The van der Waals surface area contributed by atoms with Gasteiger partial charge in [-0.1, -0.05) is 36.4 Å². The van der Waals surface area contributed by atoms with E-state index in [1.54, 1.807) is 17.0 Å². The highest BCUT2D eigenvalue weighted by molar-refractivity contribution is 5.96. The van der Waals surface area contributed by atoms with Crippen molar-refractivity contribution in [1.82, 2.24) is 9.80 Å². The number of methoxy groups -OCH3 is 1. The molecule has 1 N–H and O–H groups in total. The van der Waals surface area contributed by atoms with Gasteiger partial charge in [0.1, 0.15) is 5.78 Å². The summed E-state index contributed by atoms with van der Waals surface area (Å²) < 4.78 is 4.86. The molecule has 8 nitrogen and oxygen atoms in total. The highest BCUT2D eigenvalue weighted by atomic mass is 16.5. The van der Waals surface area contributed by atoms with Gasteiger partial charge in [0.25, 0.3) is 0 Å². The summed E-state index contributed by atoms with van der Waals surface area (Å²) in [6, 6.07) is 22.7. The molecule has 5 rings (SSSR count). The lowest BCUT2D eigenvalue weighted by atomic mass is 9.87. The first-order chi connectivity index (χ1) is 19.3. The van der Waals surface area contributed by atoms with E-state index in [2.05, 4.69) is 22.2 Å². The smallest absolute Gasteiger partial charge is 0.337 e. The Hall–Kier alpha value is -4.01. The number of Topliss-reactive ketones (excluding diaryl/α,β-unsaturated/α-hetero) is 1. The van der Waals surface area contributed by atoms with E-state index in [1.165, 1.54) is 7.11 Å². The van der Waals surface area contributed by atoms with Crippen molar-refractivity contribution in [3.05, 3.63) is 95.1 Å². The summed E-state index contributed by atoms with van der Waals surface area (Å²) in [6.07, 6.45) is 0.273. The number of likely N-dealkylation sites (N-methyl/N-ethyl adjacent to an activating group) is 2. The van der Waals surface area contributed by atoms with E-state index in [9.17, 15) is 14.4 Å². The number of esters is 1. The van der Waals surface area contributed by atoms with Gasteiger partial charge in [-0.25, -0.2) is 4.79 Å². The van der Waals surface area contributed by atoms with Gasteiger partial charge in [0.05, 0.1) is 31.2 Å². The Morgan fingerprint density at radius 1 is 1.00 bits per heavy atom. The molecule has 3 aromatic carbocycles. The van der Waals surface area contributed by atoms with Crippen molar-refractivity contribution < 1.29 is 19.1 Å². The van der Waals surface area contributed by atoms with Gasteiger partial charge in [0.2, 0.25) is 5.91 Å². The molecule has 2 unspecified atom stereocenters. The zero-order valence-electron chi connectivity index (χ0n) is 23.3. The maximum atomic E-state index is 13.4. The highest BCUT2D eigenvalue weighted by Gasteiger charge is 2.38. The fourth-order valence-electron chi connectivity index (χ4n) is 5.57. The van der Waals surface area contributed by atoms with Gasteiger partial charge in [-0.05, 0) is 60.1 Å². The summed E-state index contributed by atoms with van der Waals surface area (Å²) >= 11 is 0. The Morgan fingerprint density at radius 2 is 1.70 bits per heavy atom. The molecule has 0 saturated carbocycles. The average molecular weight is 541 g/mol. The number of hydrogen-bond acceptors (Lipinski definition) is 7. The van der Waals surface area contributed by atoms with Crippen LogP contribution < -0.4 is 10.2 Å². The standard InChI is InChI=1S/C32H36N4O4/c1-34-15-17-36(18-16-34)21-29(38)35(2)26-12-10-25(11-13-26)33-31(22-7-5-4-6-8-22)30-27-14-9-23(32(39)40-3)19-24(27)20-28(30)37/h4-14,19,30-31,33H,15-18,20-21H2,1-3H3. The quantitative estimate of drug-likeness (QED) is 0.436. The fourth-order valence-corrected chi connectivity index (χ4v) is 5.57. The van der Waals surface area contributed by atoms with Crippen LogP contribution in [0.5, 0.6) is 0 Å². The number of fused-ring (bicyclic) bond motifs is 1. The third kappa shape index (κ3) is 5.93. The third-order valence-corrected chi connectivity index (χ3v) is 8.01. The predicted octanol–water partition coefficient (Wildman–Crippen LogP) is 3.75. The van der Waals surface area contributed by atoms with Crippen LogP contribution in [0.3, 0.4) is 0 Å². The number of ether oxygens (including phenoxy) is 1. The van der Waals surface area contributed by atoms with E-state index >= 15 is 0 Å². The zero-order chi connectivity index (χ0) is 28.2. The zero-order valence-corrected chi connectivity index (χ0v) is 23.3. The highest BCUT2D eigenvalue weighted by Crippen LogP contribution is 2.42. The van der Waals surface area contributed by atoms with Crippen molar-refractivity contribution in [2.45, 2.75) is 18.4 Å². The van der Waals surface area contributed by atoms with Gasteiger partial charge in [-0.2, -0.15) is 0 Å². The Morgan fingerprint density at radius 3 is 2.38 bits per heavy atom. The normalized spacial score (nSPS) is 18.2. The van der Waals surface area contributed by atoms with E-state index in [1.807, 2.05) is 67.7 Å². The lowest BCUT2D eigenvalue weighted by Crippen LogP contribution is -2.48. The van der Waals surface area contributed by atoms with Crippen LogP contribution in [0.2, 0.25) is 0 Å². The number of nitrogens with zero attached hydrogens (tertiary/aromatic N) is 3. The van der Waals surface area contributed by atoms with Crippen LogP contribution in [-0.2, 0) is 20.7 Å². The van der Waals surface area contributed by atoms with Gasteiger partial charge >= 0.3 is 5.97 Å². The third-order valence-electron chi connectivity index (χ3n) is 8.01. The van der Waals surface area contributed by atoms with Crippen molar-refractivity contribution >= 4 is 29.0 Å². The van der Waals surface area contributed by atoms with Gasteiger partial charge in [-0.15, -0.1) is 0 Å². The van der Waals surface area contributed by atoms with Crippen LogP contribution in [0.1, 0.15) is 39.0 Å². The van der Waals surface area contributed by atoms with Crippen LogP contribution in [0, 0.1) is 0 Å². The molecule has 1 heterocycles. The van der Waals surface area contributed by atoms with Crippen LogP contribution in [0.25, 0.3) is 0 Å². The van der Waals surface area contributed by atoms with Gasteiger partial charge in [0.15, 0.2) is 0 Å². The molecule has 1 saturated heterocycles. The van der Waals surface area contributed by atoms with Crippen molar-refractivity contribution in [1.29, 1.82) is 0 Å². The largest absolute Gasteiger partial charge is 0.465 e. The molecule has 0 aromatic heterocycles. The molecular formula is C32H36N4O4. The van der Waals surface area contributed by atoms with Crippen molar-refractivity contribution in [3.63, 3.8) is 0 Å². The molecule has 0 spiro atoms. The van der Waals surface area contributed by atoms with E-state index in [0.29, 0.717) is 12.1 Å². The van der Waals surface area contributed by atoms with Gasteiger partial charge < -0.3 is 19.9 Å². The maximum absolute atomic E-state index is 13.4. The SMILES string of the molecule is COC(=O)c1ccc2c(c1)CC(=O)C2C(Nc1ccc(N(C)C(=O)CN2CCN(C)CC2)cc1)c1ccccc1. The first-order valence-corrected chi connectivity index (χ1v) is 13.7. The number of nitrogens with one attached hydrogen (secondary N) is 1. The lowest BCUT2D eigenvalue weighted by molar-refractivity contribution is -0.120. The van der Waals surface area contributed by atoms with E-state index in [0.717, 1.165) is 54.2 Å². The Bertz CT molecular complexity index is 1370. The summed E-state index contributed by atoms with van der Waals surface area (Å²) in [6.45, 7) is 4.14. The predicted molar refractivity (Wildman–Crippen MR) is 156 cm³/mol. The second kappa shape index (κ2) is 12.0. The first kappa shape index (κ1) is 27.6. The molecule has 1 fully saturated rings. The molecule has 3 aromatic rings. The molecule has 2 atom stereocenters. The molecule has 1 aliphatic carbocycles. The van der Waals surface area contributed by atoms with E-state index < -0.39 is 11.9 Å². The molecule has 40 heavy (non-hydrogen) atoms. The Balaban J connectivity index is 1.34. The summed E-state index contributed by atoms with van der Waals surface area (Å²) in [5, 5.41) is 3.59. The van der Waals surface area contributed by atoms with Crippen LogP contribution in [0.15, 0.2) is 72.8 Å².